The van der Waals surface area contributed by atoms with Crippen molar-refractivity contribution in [3.8, 4) is 5.75 Å². The standard InChI is InChI=1S/C24H24N4O2/c1-28(2)21-14-19(10-11-22(21)30-3)20-15-24(25,27-26-20)23(29)13-16-8-9-17-6-4-5-7-18(17)12-16/h4-12,14-15H,13,25H2,1-3H3. The van der Waals surface area contributed by atoms with Gasteiger partial charge in [-0.15, -0.1) is 0 Å². The smallest absolute Gasteiger partial charge is 0.209 e. The third kappa shape index (κ3) is 3.69. The minimum absolute atomic E-state index is 0.190. The van der Waals surface area contributed by atoms with E-state index >= 15 is 0 Å². The highest BCUT2D eigenvalue weighted by Crippen LogP contribution is 2.34. The Morgan fingerprint density at radius 3 is 2.57 bits per heavy atom. The predicted octanol–water partition coefficient (Wildman–Crippen LogP) is 4.19. The minimum Gasteiger partial charge on any atom is -0.495 e. The number of methoxy groups -OCH3 is 1. The average Bonchev–Trinajstić information content (AvgIpc) is 3.16. The maximum atomic E-state index is 13.0. The molecule has 0 aromatic heterocycles. The van der Waals surface area contributed by atoms with Crippen LogP contribution < -0.4 is 15.4 Å². The van der Waals surface area contributed by atoms with Gasteiger partial charge in [0.05, 0.1) is 18.5 Å². The van der Waals surface area contributed by atoms with E-state index in [1.54, 1.807) is 13.2 Å². The second kappa shape index (κ2) is 7.72. The number of azo groups is 1. The summed E-state index contributed by atoms with van der Waals surface area (Å²) in [6.07, 6.45) is 1.83. The maximum Gasteiger partial charge on any atom is 0.209 e. The third-order valence-electron chi connectivity index (χ3n) is 5.26. The Bertz CT molecular complexity index is 1180. The van der Waals surface area contributed by atoms with Crippen molar-refractivity contribution in [2.75, 3.05) is 26.1 Å². The number of nitrogens with zero attached hydrogens (tertiary/aromatic N) is 3. The van der Waals surface area contributed by atoms with Crippen LogP contribution >= 0.6 is 0 Å². The number of carbonyl (C=O) groups is 1. The fraction of sp³-hybridized carbons (Fsp3) is 0.208. The zero-order chi connectivity index (χ0) is 21.3. The number of nitrogens with two attached hydrogens (primary N) is 1. The average molecular weight is 400 g/mol. The Labute approximate surface area is 175 Å². The topological polar surface area (TPSA) is 80.3 Å². The van der Waals surface area contributed by atoms with E-state index < -0.39 is 5.66 Å². The summed E-state index contributed by atoms with van der Waals surface area (Å²) in [6.45, 7) is 0. The van der Waals surface area contributed by atoms with E-state index in [0.29, 0.717) is 5.70 Å². The number of carbonyl (C=O) groups excluding carboxylic acids is 1. The second-order valence-electron chi connectivity index (χ2n) is 7.62. The van der Waals surface area contributed by atoms with Crippen molar-refractivity contribution in [2.45, 2.75) is 12.1 Å². The Morgan fingerprint density at radius 2 is 1.83 bits per heavy atom. The van der Waals surface area contributed by atoms with Crippen molar-refractivity contribution >= 4 is 27.9 Å². The van der Waals surface area contributed by atoms with Crippen LogP contribution in [0.2, 0.25) is 0 Å². The zero-order valence-electron chi connectivity index (χ0n) is 17.3. The van der Waals surface area contributed by atoms with Crippen LogP contribution in [0.1, 0.15) is 11.1 Å². The van der Waals surface area contributed by atoms with Crippen molar-refractivity contribution in [1.29, 1.82) is 0 Å². The highest BCUT2D eigenvalue weighted by molar-refractivity contribution is 5.95. The number of rotatable bonds is 6. The molecule has 0 saturated heterocycles. The van der Waals surface area contributed by atoms with Crippen LogP contribution in [0.3, 0.4) is 0 Å². The summed E-state index contributed by atoms with van der Waals surface area (Å²) in [7, 11) is 5.51. The molecule has 0 aliphatic carbocycles. The van der Waals surface area contributed by atoms with Crippen molar-refractivity contribution in [3.63, 3.8) is 0 Å². The largest absolute Gasteiger partial charge is 0.495 e. The Hall–Kier alpha value is -3.51. The van der Waals surface area contributed by atoms with Gasteiger partial charge in [-0.2, -0.15) is 10.2 Å². The number of ether oxygens (including phenoxy) is 1. The molecule has 3 aromatic rings. The molecule has 1 aliphatic heterocycles. The lowest BCUT2D eigenvalue weighted by Crippen LogP contribution is -2.43. The van der Waals surface area contributed by atoms with Crippen molar-refractivity contribution in [1.82, 2.24) is 0 Å². The molecule has 4 rings (SSSR count). The molecule has 1 aliphatic rings. The van der Waals surface area contributed by atoms with Crippen LogP contribution in [0.5, 0.6) is 5.75 Å². The zero-order valence-corrected chi connectivity index (χ0v) is 17.3. The monoisotopic (exact) mass is 400 g/mol. The van der Waals surface area contributed by atoms with Gasteiger partial charge in [0.15, 0.2) is 5.78 Å². The van der Waals surface area contributed by atoms with E-state index in [4.69, 9.17) is 10.5 Å². The molecular formula is C24H24N4O2. The lowest BCUT2D eigenvalue weighted by atomic mass is 9.96. The highest BCUT2D eigenvalue weighted by atomic mass is 16.5. The highest BCUT2D eigenvalue weighted by Gasteiger charge is 2.36. The van der Waals surface area contributed by atoms with Crippen LogP contribution in [0.25, 0.3) is 16.5 Å². The molecule has 0 amide bonds. The molecule has 30 heavy (non-hydrogen) atoms. The third-order valence-corrected chi connectivity index (χ3v) is 5.26. The minimum atomic E-state index is -1.46. The van der Waals surface area contributed by atoms with Crippen LogP contribution in [-0.4, -0.2) is 32.7 Å². The van der Waals surface area contributed by atoms with Gasteiger partial charge in [-0.3, -0.25) is 10.5 Å². The summed E-state index contributed by atoms with van der Waals surface area (Å²) in [5, 5.41) is 10.6. The Morgan fingerprint density at radius 1 is 1.07 bits per heavy atom. The molecule has 2 N–H and O–H groups in total. The Kier molecular flexibility index (Phi) is 5.10. The molecular weight excluding hydrogens is 376 g/mol. The molecule has 6 nitrogen and oxygen atoms in total. The first-order chi connectivity index (χ1) is 14.4. The predicted molar refractivity (Wildman–Crippen MR) is 120 cm³/mol. The van der Waals surface area contributed by atoms with E-state index in [1.807, 2.05) is 79.7 Å². The summed E-state index contributed by atoms with van der Waals surface area (Å²) in [6, 6.07) is 19.7. The summed E-state index contributed by atoms with van der Waals surface area (Å²) in [4.78, 5) is 14.9. The van der Waals surface area contributed by atoms with Gasteiger partial charge in [0.2, 0.25) is 5.66 Å². The first-order valence-electron chi connectivity index (χ1n) is 9.71. The van der Waals surface area contributed by atoms with Crippen molar-refractivity contribution in [3.05, 3.63) is 77.9 Å². The van der Waals surface area contributed by atoms with Crippen molar-refractivity contribution < 1.29 is 9.53 Å². The van der Waals surface area contributed by atoms with Crippen molar-refractivity contribution in [2.24, 2.45) is 16.0 Å². The SMILES string of the molecule is COc1ccc(C2=CC(N)(C(=O)Cc3ccc4ccccc4c3)N=N2)cc1N(C)C. The summed E-state index contributed by atoms with van der Waals surface area (Å²) in [5.41, 5.74) is 8.08. The maximum absolute atomic E-state index is 13.0. The molecule has 1 unspecified atom stereocenters. The summed E-state index contributed by atoms with van der Waals surface area (Å²) in [5.74, 6) is 0.559. The van der Waals surface area contributed by atoms with Gasteiger partial charge in [-0.05, 0) is 40.6 Å². The van der Waals surface area contributed by atoms with E-state index in [2.05, 4.69) is 10.2 Å². The van der Waals surface area contributed by atoms with Gasteiger partial charge in [-0.1, -0.05) is 42.5 Å². The van der Waals surface area contributed by atoms with Crippen LogP contribution in [0.4, 0.5) is 5.69 Å². The Balaban J connectivity index is 1.58. The summed E-state index contributed by atoms with van der Waals surface area (Å²) < 4.78 is 5.41. The molecule has 0 saturated carbocycles. The fourth-order valence-electron chi connectivity index (χ4n) is 3.55. The van der Waals surface area contributed by atoms with Gasteiger partial charge in [-0.25, -0.2) is 0 Å². The first kappa shape index (κ1) is 19.8. The van der Waals surface area contributed by atoms with Crippen LogP contribution in [0.15, 0.2) is 77.0 Å². The first-order valence-corrected chi connectivity index (χ1v) is 9.71. The van der Waals surface area contributed by atoms with E-state index in [9.17, 15) is 4.79 Å². The second-order valence-corrected chi connectivity index (χ2v) is 7.62. The lowest BCUT2D eigenvalue weighted by molar-refractivity contribution is -0.121. The normalized spacial score (nSPS) is 17.8. The molecule has 152 valence electrons. The van der Waals surface area contributed by atoms with E-state index in [-0.39, 0.29) is 12.2 Å². The van der Waals surface area contributed by atoms with Crippen LogP contribution in [0, 0.1) is 0 Å². The quantitative estimate of drug-likeness (QED) is 0.673. The molecule has 0 spiro atoms. The summed E-state index contributed by atoms with van der Waals surface area (Å²) >= 11 is 0. The number of hydrogen-bond acceptors (Lipinski definition) is 6. The van der Waals surface area contributed by atoms with Gasteiger partial charge in [0, 0.05) is 26.1 Å². The molecule has 0 radical (unpaired) electrons. The number of benzene rings is 3. The van der Waals surface area contributed by atoms with E-state index in [1.165, 1.54) is 0 Å². The molecule has 1 heterocycles. The molecule has 0 fully saturated rings. The number of fused-ring (bicyclic) bond motifs is 1. The molecule has 3 aromatic carbocycles. The molecule has 6 heteroatoms. The molecule has 1 atom stereocenters. The lowest BCUT2D eigenvalue weighted by Gasteiger charge is -2.17. The van der Waals surface area contributed by atoms with Gasteiger partial charge in [0.1, 0.15) is 5.75 Å². The number of hydrogen-bond donors (Lipinski definition) is 1. The number of ketones is 1. The fourth-order valence-corrected chi connectivity index (χ4v) is 3.55. The number of Topliss-reactive ketones (excluding diaryl/α,β-unsaturated/α-hetero) is 1. The van der Waals surface area contributed by atoms with E-state index in [0.717, 1.165) is 33.3 Å². The number of anilines is 1. The van der Waals surface area contributed by atoms with Gasteiger partial charge in [0.25, 0.3) is 0 Å². The van der Waals surface area contributed by atoms with Crippen LogP contribution in [-0.2, 0) is 11.2 Å². The van der Waals surface area contributed by atoms with Gasteiger partial charge >= 0.3 is 0 Å². The molecule has 0 bridgehead atoms. The van der Waals surface area contributed by atoms with Gasteiger partial charge < -0.3 is 9.64 Å².